The predicted molar refractivity (Wildman–Crippen MR) is 78.3 cm³/mol. The molecule has 108 valence electrons. The van der Waals surface area contributed by atoms with Crippen molar-refractivity contribution in [3.8, 4) is 5.75 Å². The number of benzene rings is 1. The molecule has 0 aliphatic carbocycles. The Kier molecular flexibility index (Phi) is 3.40. The zero-order valence-corrected chi connectivity index (χ0v) is 12.3. The van der Waals surface area contributed by atoms with Gasteiger partial charge < -0.3 is 15.0 Å². The van der Waals surface area contributed by atoms with Gasteiger partial charge in [-0.2, -0.15) is 0 Å². The minimum Gasteiger partial charge on any atom is -0.497 e. The van der Waals surface area contributed by atoms with Crippen molar-refractivity contribution in [2.75, 3.05) is 45.2 Å². The Morgan fingerprint density at radius 1 is 1.30 bits per heavy atom. The van der Waals surface area contributed by atoms with E-state index in [4.69, 9.17) is 4.74 Å². The molecule has 0 aromatic heterocycles. The molecule has 2 aliphatic heterocycles. The molecule has 1 amide bonds. The summed E-state index contributed by atoms with van der Waals surface area (Å²) in [7, 11) is 3.53. The fourth-order valence-electron chi connectivity index (χ4n) is 3.28. The maximum Gasteiger partial charge on any atom is 0.248 e. The smallest absolute Gasteiger partial charge is 0.248 e. The highest BCUT2D eigenvalue weighted by atomic mass is 16.5. The molecule has 1 aromatic carbocycles. The van der Waals surface area contributed by atoms with Crippen molar-refractivity contribution in [3.05, 3.63) is 23.3 Å². The highest BCUT2D eigenvalue weighted by molar-refractivity contribution is 6.05. The van der Waals surface area contributed by atoms with Gasteiger partial charge in [-0.25, -0.2) is 0 Å². The first kappa shape index (κ1) is 13.4. The normalized spacial score (nSPS) is 23.1. The molecule has 0 spiro atoms. The standard InChI is InChI=1S/C15H21N3O2/c1-10-8-11(20-3)9-12-13(10)17(2)15(19)14(12)18-6-4-16-5-7-18/h8-9,14,16H,4-7H2,1-3H3. The van der Waals surface area contributed by atoms with E-state index in [0.29, 0.717) is 0 Å². The Morgan fingerprint density at radius 3 is 2.65 bits per heavy atom. The number of hydrogen-bond donors (Lipinski definition) is 1. The van der Waals surface area contributed by atoms with Gasteiger partial charge in [-0.15, -0.1) is 0 Å². The number of aryl methyl sites for hydroxylation is 1. The van der Waals surface area contributed by atoms with Gasteiger partial charge in [0.05, 0.1) is 12.8 Å². The molecule has 3 rings (SSSR count). The Bertz CT molecular complexity index is 538. The predicted octanol–water partition coefficient (Wildman–Crippen LogP) is 0.926. The number of piperazine rings is 1. The van der Waals surface area contributed by atoms with Gasteiger partial charge >= 0.3 is 0 Å². The summed E-state index contributed by atoms with van der Waals surface area (Å²) < 4.78 is 5.37. The van der Waals surface area contributed by atoms with E-state index in [-0.39, 0.29) is 11.9 Å². The summed E-state index contributed by atoms with van der Waals surface area (Å²) >= 11 is 0. The van der Waals surface area contributed by atoms with Crippen molar-refractivity contribution in [3.63, 3.8) is 0 Å². The first-order valence-corrected chi connectivity index (χ1v) is 7.04. The molecule has 1 unspecified atom stereocenters. The van der Waals surface area contributed by atoms with Crippen LogP contribution in [-0.2, 0) is 4.79 Å². The van der Waals surface area contributed by atoms with Gasteiger partial charge in [0.2, 0.25) is 5.91 Å². The van der Waals surface area contributed by atoms with Crippen LogP contribution in [0.15, 0.2) is 12.1 Å². The van der Waals surface area contributed by atoms with Gasteiger partial charge in [0.15, 0.2) is 0 Å². The molecule has 0 saturated carbocycles. The number of methoxy groups -OCH3 is 1. The molecule has 2 heterocycles. The maximum atomic E-state index is 12.6. The van der Waals surface area contributed by atoms with Crippen molar-refractivity contribution in [2.24, 2.45) is 0 Å². The second-order valence-electron chi connectivity index (χ2n) is 5.47. The third kappa shape index (κ3) is 1.98. The van der Waals surface area contributed by atoms with Gasteiger partial charge in [0.1, 0.15) is 11.8 Å². The van der Waals surface area contributed by atoms with Crippen LogP contribution < -0.4 is 15.0 Å². The van der Waals surface area contributed by atoms with E-state index in [1.165, 1.54) is 0 Å². The van der Waals surface area contributed by atoms with Crippen LogP contribution in [-0.4, -0.2) is 51.1 Å². The lowest BCUT2D eigenvalue weighted by Gasteiger charge is -2.31. The quantitative estimate of drug-likeness (QED) is 0.872. The van der Waals surface area contributed by atoms with Crippen LogP contribution in [0.4, 0.5) is 5.69 Å². The molecular formula is C15H21N3O2. The summed E-state index contributed by atoms with van der Waals surface area (Å²) in [4.78, 5) is 16.7. The number of nitrogens with one attached hydrogen (secondary N) is 1. The van der Waals surface area contributed by atoms with Gasteiger partial charge in [-0.1, -0.05) is 0 Å². The minimum absolute atomic E-state index is 0.161. The SMILES string of the molecule is COc1cc(C)c2c(c1)C(N1CCNCC1)C(=O)N2C. The third-order valence-corrected chi connectivity index (χ3v) is 4.25. The number of amides is 1. The Balaban J connectivity index is 2.05. The molecule has 1 aromatic rings. The number of nitrogens with zero attached hydrogens (tertiary/aromatic N) is 2. The fraction of sp³-hybridized carbons (Fsp3) is 0.533. The molecule has 5 nitrogen and oxygen atoms in total. The second-order valence-corrected chi connectivity index (χ2v) is 5.47. The van der Waals surface area contributed by atoms with Crippen LogP contribution in [0.5, 0.6) is 5.75 Å². The first-order chi connectivity index (χ1) is 9.63. The summed E-state index contributed by atoms with van der Waals surface area (Å²) in [6.07, 6.45) is 0. The molecule has 0 bridgehead atoms. The average Bonchev–Trinajstić information content (AvgIpc) is 2.72. The molecular weight excluding hydrogens is 254 g/mol. The maximum absolute atomic E-state index is 12.6. The Labute approximate surface area is 119 Å². The number of rotatable bonds is 2. The van der Waals surface area contributed by atoms with Crippen molar-refractivity contribution in [2.45, 2.75) is 13.0 Å². The van der Waals surface area contributed by atoms with Crippen molar-refractivity contribution in [1.82, 2.24) is 10.2 Å². The summed E-state index contributed by atoms with van der Waals surface area (Å²) in [5.41, 5.74) is 3.21. The largest absolute Gasteiger partial charge is 0.497 e. The lowest BCUT2D eigenvalue weighted by Crippen LogP contribution is -2.47. The van der Waals surface area contributed by atoms with Gasteiger partial charge in [0, 0.05) is 38.8 Å². The van der Waals surface area contributed by atoms with E-state index in [1.807, 2.05) is 26.1 Å². The van der Waals surface area contributed by atoms with Crippen molar-refractivity contribution >= 4 is 11.6 Å². The zero-order chi connectivity index (χ0) is 14.3. The van der Waals surface area contributed by atoms with E-state index in [2.05, 4.69) is 10.2 Å². The number of likely N-dealkylation sites (N-methyl/N-ethyl adjacent to an activating group) is 1. The lowest BCUT2D eigenvalue weighted by atomic mass is 10.0. The number of anilines is 1. The van der Waals surface area contributed by atoms with Crippen LogP contribution >= 0.6 is 0 Å². The van der Waals surface area contributed by atoms with Crippen LogP contribution in [0.2, 0.25) is 0 Å². The van der Waals surface area contributed by atoms with Crippen LogP contribution in [0.1, 0.15) is 17.2 Å². The summed E-state index contributed by atoms with van der Waals surface area (Å²) in [5.74, 6) is 0.989. The third-order valence-electron chi connectivity index (χ3n) is 4.25. The van der Waals surface area contributed by atoms with Gasteiger partial charge in [0.25, 0.3) is 0 Å². The molecule has 1 saturated heterocycles. The molecule has 1 fully saturated rings. The molecule has 2 aliphatic rings. The second kappa shape index (κ2) is 5.07. The van der Waals surface area contributed by atoms with Crippen molar-refractivity contribution < 1.29 is 9.53 Å². The van der Waals surface area contributed by atoms with E-state index in [0.717, 1.165) is 48.7 Å². The topological polar surface area (TPSA) is 44.8 Å². The van der Waals surface area contributed by atoms with E-state index in [9.17, 15) is 4.79 Å². The minimum atomic E-state index is -0.161. The number of carbonyl (C=O) groups is 1. The van der Waals surface area contributed by atoms with Gasteiger partial charge in [-0.05, 0) is 24.6 Å². The summed E-state index contributed by atoms with van der Waals surface area (Å²) in [5, 5.41) is 3.33. The monoisotopic (exact) mass is 275 g/mol. The Hall–Kier alpha value is -1.59. The van der Waals surface area contributed by atoms with Crippen LogP contribution in [0.25, 0.3) is 0 Å². The average molecular weight is 275 g/mol. The van der Waals surface area contributed by atoms with Crippen molar-refractivity contribution in [1.29, 1.82) is 0 Å². The molecule has 1 N–H and O–H groups in total. The molecule has 20 heavy (non-hydrogen) atoms. The zero-order valence-electron chi connectivity index (χ0n) is 12.3. The molecule has 1 atom stereocenters. The highest BCUT2D eigenvalue weighted by Crippen LogP contribution is 2.42. The number of ether oxygens (including phenoxy) is 1. The van der Waals surface area contributed by atoms with E-state index < -0.39 is 0 Å². The van der Waals surface area contributed by atoms with Gasteiger partial charge in [-0.3, -0.25) is 9.69 Å². The summed E-state index contributed by atoms with van der Waals surface area (Å²) in [6, 6.07) is 3.84. The highest BCUT2D eigenvalue weighted by Gasteiger charge is 2.40. The van der Waals surface area contributed by atoms with Crippen LogP contribution in [0, 0.1) is 6.92 Å². The summed E-state index contributed by atoms with van der Waals surface area (Å²) in [6.45, 7) is 5.71. The number of fused-ring (bicyclic) bond motifs is 1. The number of hydrogen-bond acceptors (Lipinski definition) is 4. The molecule has 5 heteroatoms. The number of carbonyl (C=O) groups excluding carboxylic acids is 1. The van der Waals surface area contributed by atoms with E-state index in [1.54, 1.807) is 12.0 Å². The Morgan fingerprint density at radius 2 is 2.00 bits per heavy atom. The fourth-order valence-corrected chi connectivity index (χ4v) is 3.28. The van der Waals surface area contributed by atoms with Crippen LogP contribution in [0.3, 0.4) is 0 Å². The molecule has 0 radical (unpaired) electrons. The lowest BCUT2D eigenvalue weighted by molar-refractivity contribution is -0.123. The first-order valence-electron chi connectivity index (χ1n) is 7.04. The van der Waals surface area contributed by atoms with E-state index >= 15 is 0 Å².